The number of nitrogens with one attached hydrogen (secondary N) is 2. The number of ether oxygens (including phenoxy) is 1. The van der Waals surface area contributed by atoms with Crippen LogP contribution in [0.4, 0.5) is 16.2 Å². The van der Waals surface area contributed by atoms with Gasteiger partial charge in [-0.1, -0.05) is 22.0 Å². The van der Waals surface area contributed by atoms with Gasteiger partial charge in [0.1, 0.15) is 5.58 Å². The minimum atomic E-state index is -0.581. The number of carbonyl (C=O) groups excluding carboxylic acids is 2. The van der Waals surface area contributed by atoms with Crippen molar-refractivity contribution in [3.8, 4) is 0 Å². The predicted molar refractivity (Wildman–Crippen MR) is 99.1 cm³/mol. The van der Waals surface area contributed by atoms with E-state index in [1.165, 1.54) is 7.11 Å². The molecule has 2 aromatic carbocycles. The van der Waals surface area contributed by atoms with Gasteiger partial charge in [-0.15, -0.1) is 0 Å². The molecule has 0 aliphatic heterocycles. The molecule has 7 heteroatoms. The average molecular weight is 403 g/mol. The second-order valence-electron chi connectivity index (χ2n) is 5.35. The Kier molecular flexibility index (Phi) is 4.76. The molecule has 0 saturated carbocycles. The Morgan fingerprint density at radius 2 is 1.80 bits per heavy atom. The number of anilines is 2. The summed E-state index contributed by atoms with van der Waals surface area (Å²) >= 11 is 3.41. The maximum atomic E-state index is 12.6. The second kappa shape index (κ2) is 6.98. The van der Waals surface area contributed by atoms with Crippen molar-refractivity contribution in [2.75, 3.05) is 17.7 Å². The van der Waals surface area contributed by atoms with Crippen molar-refractivity contribution >= 4 is 50.3 Å². The Balaban J connectivity index is 1.84. The lowest BCUT2D eigenvalue weighted by atomic mass is 10.1. The zero-order valence-electron chi connectivity index (χ0n) is 13.6. The number of aryl methyl sites for hydroxylation is 1. The Labute approximate surface area is 152 Å². The fraction of sp³-hybridized carbons (Fsp3) is 0.111. The van der Waals surface area contributed by atoms with Crippen molar-refractivity contribution in [2.45, 2.75) is 6.92 Å². The Bertz CT molecular complexity index is 965. The third kappa shape index (κ3) is 3.66. The number of methoxy groups -OCH3 is 1. The zero-order valence-corrected chi connectivity index (χ0v) is 15.1. The van der Waals surface area contributed by atoms with Gasteiger partial charge >= 0.3 is 6.09 Å². The van der Waals surface area contributed by atoms with E-state index in [0.717, 1.165) is 15.4 Å². The number of amides is 2. The minimum Gasteiger partial charge on any atom is -0.453 e. The molecule has 0 aliphatic carbocycles. The minimum absolute atomic E-state index is 0.249. The molecule has 0 spiro atoms. The molecule has 0 saturated heterocycles. The molecule has 0 fully saturated rings. The van der Waals surface area contributed by atoms with Gasteiger partial charge in [-0.25, -0.2) is 4.79 Å². The van der Waals surface area contributed by atoms with Crippen molar-refractivity contribution < 1.29 is 18.7 Å². The molecule has 0 atom stereocenters. The van der Waals surface area contributed by atoms with E-state index in [9.17, 15) is 9.59 Å². The van der Waals surface area contributed by atoms with Gasteiger partial charge in [0.05, 0.1) is 7.11 Å². The van der Waals surface area contributed by atoms with Crippen molar-refractivity contribution in [1.82, 2.24) is 0 Å². The highest BCUT2D eigenvalue weighted by atomic mass is 79.9. The number of rotatable bonds is 3. The van der Waals surface area contributed by atoms with Crippen LogP contribution in [0.1, 0.15) is 16.1 Å². The summed E-state index contributed by atoms with van der Waals surface area (Å²) < 4.78 is 11.1. The van der Waals surface area contributed by atoms with Crippen LogP contribution in [0.15, 0.2) is 51.4 Å². The van der Waals surface area contributed by atoms with Crippen molar-refractivity contribution in [3.05, 3.63) is 58.3 Å². The van der Waals surface area contributed by atoms with Crippen LogP contribution in [0.5, 0.6) is 0 Å². The molecule has 25 heavy (non-hydrogen) atoms. The highest BCUT2D eigenvalue weighted by Crippen LogP contribution is 2.28. The standard InChI is InChI=1S/C18H15BrN2O4/c1-10-14-8-11(19)6-7-15(14)25-16(10)17(22)20-12-4-3-5-13(9-12)21-18(23)24-2/h3-9H,1-2H3,(H,20,22)(H,21,23). The number of halogens is 1. The van der Waals surface area contributed by atoms with Gasteiger partial charge in [0.2, 0.25) is 0 Å². The lowest BCUT2D eigenvalue weighted by Gasteiger charge is -2.07. The van der Waals surface area contributed by atoms with E-state index in [0.29, 0.717) is 17.0 Å². The SMILES string of the molecule is COC(=O)Nc1cccc(NC(=O)c2oc3ccc(Br)cc3c2C)c1. The summed E-state index contributed by atoms with van der Waals surface area (Å²) in [7, 11) is 1.28. The van der Waals surface area contributed by atoms with Gasteiger partial charge in [-0.05, 0) is 43.3 Å². The van der Waals surface area contributed by atoms with E-state index >= 15 is 0 Å². The van der Waals surface area contributed by atoms with Gasteiger partial charge in [0, 0.05) is 26.8 Å². The second-order valence-corrected chi connectivity index (χ2v) is 6.26. The highest BCUT2D eigenvalue weighted by Gasteiger charge is 2.18. The third-order valence-electron chi connectivity index (χ3n) is 3.66. The Hall–Kier alpha value is -2.80. The van der Waals surface area contributed by atoms with Crippen LogP contribution >= 0.6 is 15.9 Å². The van der Waals surface area contributed by atoms with Crippen LogP contribution in [0.25, 0.3) is 11.0 Å². The highest BCUT2D eigenvalue weighted by molar-refractivity contribution is 9.10. The third-order valence-corrected chi connectivity index (χ3v) is 4.15. The molecular formula is C18H15BrN2O4. The van der Waals surface area contributed by atoms with Crippen LogP contribution in [0.2, 0.25) is 0 Å². The fourth-order valence-electron chi connectivity index (χ4n) is 2.44. The maximum absolute atomic E-state index is 12.6. The molecule has 0 aliphatic rings. The van der Waals surface area contributed by atoms with Gasteiger partial charge in [0.15, 0.2) is 5.76 Å². The Morgan fingerprint density at radius 3 is 2.52 bits per heavy atom. The topological polar surface area (TPSA) is 80.6 Å². The van der Waals surface area contributed by atoms with E-state index in [2.05, 4.69) is 31.3 Å². The zero-order chi connectivity index (χ0) is 18.0. The molecule has 6 nitrogen and oxygen atoms in total. The van der Waals surface area contributed by atoms with Gasteiger partial charge < -0.3 is 14.5 Å². The molecular weight excluding hydrogens is 388 g/mol. The van der Waals surface area contributed by atoms with Crippen LogP contribution in [-0.2, 0) is 4.74 Å². The number of hydrogen-bond donors (Lipinski definition) is 2. The quantitative estimate of drug-likeness (QED) is 0.650. The van der Waals surface area contributed by atoms with Gasteiger partial charge in [-0.2, -0.15) is 0 Å². The lowest BCUT2D eigenvalue weighted by Crippen LogP contribution is -2.13. The molecule has 0 radical (unpaired) electrons. The molecule has 1 heterocycles. The number of benzene rings is 2. The number of furan rings is 1. The summed E-state index contributed by atoms with van der Waals surface area (Å²) in [5, 5.41) is 6.19. The summed E-state index contributed by atoms with van der Waals surface area (Å²) in [6.07, 6.45) is -0.581. The summed E-state index contributed by atoms with van der Waals surface area (Å²) in [6, 6.07) is 12.3. The molecule has 1 aromatic heterocycles. The summed E-state index contributed by atoms with van der Waals surface area (Å²) in [5.74, 6) is -0.112. The molecule has 3 aromatic rings. The van der Waals surface area contributed by atoms with E-state index < -0.39 is 6.09 Å². The fourth-order valence-corrected chi connectivity index (χ4v) is 2.80. The van der Waals surface area contributed by atoms with E-state index in [-0.39, 0.29) is 11.7 Å². The molecule has 3 rings (SSSR count). The summed E-state index contributed by atoms with van der Waals surface area (Å²) in [5.41, 5.74) is 2.44. The van der Waals surface area contributed by atoms with Crippen molar-refractivity contribution in [1.29, 1.82) is 0 Å². The number of hydrogen-bond acceptors (Lipinski definition) is 4. The first-order chi connectivity index (χ1) is 12.0. The Morgan fingerprint density at radius 1 is 1.08 bits per heavy atom. The first-order valence-electron chi connectivity index (χ1n) is 7.43. The van der Waals surface area contributed by atoms with Gasteiger partial charge in [0.25, 0.3) is 5.91 Å². The predicted octanol–water partition coefficient (Wildman–Crippen LogP) is 4.93. The van der Waals surface area contributed by atoms with Crippen LogP contribution in [0.3, 0.4) is 0 Å². The number of carbonyl (C=O) groups is 2. The van der Waals surface area contributed by atoms with Crippen LogP contribution in [0, 0.1) is 6.92 Å². The van der Waals surface area contributed by atoms with E-state index in [4.69, 9.17) is 4.42 Å². The number of fused-ring (bicyclic) bond motifs is 1. The molecule has 2 amide bonds. The summed E-state index contributed by atoms with van der Waals surface area (Å²) in [4.78, 5) is 23.8. The smallest absolute Gasteiger partial charge is 0.411 e. The first-order valence-corrected chi connectivity index (χ1v) is 8.22. The van der Waals surface area contributed by atoms with Crippen molar-refractivity contribution in [3.63, 3.8) is 0 Å². The maximum Gasteiger partial charge on any atom is 0.411 e. The van der Waals surface area contributed by atoms with Crippen LogP contribution < -0.4 is 10.6 Å². The molecule has 0 bridgehead atoms. The van der Waals surface area contributed by atoms with E-state index in [1.54, 1.807) is 24.3 Å². The normalized spacial score (nSPS) is 10.5. The van der Waals surface area contributed by atoms with E-state index in [1.807, 2.05) is 25.1 Å². The molecule has 128 valence electrons. The lowest BCUT2D eigenvalue weighted by molar-refractivity contribution is 0.0998. The van der Waals surface area contributed by atoms with Crippen molar-refractivity contribution in [2.24, 2.45) is 0 Å². The first kappa shape index (κ1) is 17.0. The summed E-state index contributed by atoms with van der Waals surface area (Å²) in [6.45, 7) is 1.84. The molecule has 2 N–H and O–H groups in total. The van der Waals surface area contributed by atoms with Crippen LogP contribution in [-0.4, -0.2) is 19.1 Å². The average Bonchev–Trinajstić information content (AvgIpc) is 2.91. The largest absolute Gasteiger partial charge is 0.453 e. The van der Waals surface area contributed by atoms with Gasteiger partial charge in [-0.3, -0.25) is 10.1 Å². The monoisotopic (exact) mass is 402 g/mol. The molecule has 0 unspecified atom stereocenters.